The average Bonchev–Trinajstić information content (AvgIpc) is 2.58. The molecule has 1 heterocycles. The molecule has 0 aliphatic heterocycles. The molecule has 0 spiro atoms. The Morgan fingerprint density at radius 3 is 2.79 bits per heavy atom. The number of aromatic nitrogens is 1. The van der Waals surface area contributed by atoms with Gasteiger partial charge in [-0.3, -0.25) is 0 Å². The first kappa shape index (κ1) is 11.6. The quantitative estimate of drug-likeness (QED) is 0.675. The Kier molecular flexibility index (Phi) is 5.75. The number of aryl methyl sites for hydroxylation is 1. The van der Waals surface area contributed by atoms with Gasteiger partial charge in [0.15, 0.2) is 0 Å². The van der Waals surface area contributed by atoms with Crippen LogP contribution >= 0.6 is 11.3 Å². The Balaban J connectivity index is 1.99. The molecule has 3 nitrogen and oxygen atoms in total. The molecule has 1 aromatic heterocycles. The van der Waals surface area contributed by atoms with Gasteiger partial charge in [0.05, 0.1) is 0 Å². The van der Waals surface area contributed by atoms with E-state index in [4.69, 9.17) is 0 Å². The summed E-state index contributed by atoms with van der Waals surface area (Å²) in [6.07, 6.45) is 2.46. The Bertz CT molecular complexity index is 247. The van der Waals surface area contributed by atoms with Crippen LogP contribution in [0.4, 0.5) is 0 Å². The van der Waals surface area contributed by atoms with Crippen LogP contribution in [0.2, 0.25) is 0 Å². The summed E-state index contributed by atoms with van der Waals surface area (Å²) in [7, 11) is 1.99. The van der Waals surface area contributed by atoms with E-state index in [0.29, 0.717) is 0 Å². The molecule has 0 atom stereocenters. The molecule has 1 rings (SSSR count). The molecule has 14 heavy (non-hydrogen) atoms. The third kappa shape index (κ3) is 4.69. The number of unbranched alkanes of at least 4 members (excludes halogenated alkanes) is 1. The fourth-order valence-electron chi connectivity index (χ4n) is 1.23. The molecular formula is C10H19N3S. The smallest absolute Gasteiger partial charge is 0.107 e. The van der Waals surface area contributed by atoms with E-state index in [2.05, 4.69) is 21.0 Å². The Labute approximate surface area is 89.9 Å². The molecule has 0 unspecified atom stereocenters. The molecule has 2 N–H and O–H groups in total. The number of rotatable bonds is 7. The zero-order valence-corrected chi connectivity index (χ0v) is 9.78. The summed E-state index contributed by atoms with van der Waals surface area (Å²) in [4.78, 5) is 4.39. The highest BCUT2D eigenvalue weighted by molar-refractivity contribution is 7.09. The molecule has 0 saturated carbocycles. The number of hydrogen-bond donors (Lipinski definition) is 2. The van der Waals surface area contributed by atoms with Crippen molar-refractivity contribution < 1.29 is 0 Å². The van der Waals surface area contributed by atoms with Crippen LogP contribution in [0.5, 0.6) is 0 Å². The maximum Gasteiger partial charge on any atom is 0.107 e. The zero-order chi connectivity index (χ0) is 10.2. The van der Waals surface area contributed by atoms with E-state index in [-0.39, 0.29) is 0 Å². The maximum absolute atomic E-state index is 4.39. The first-order chi connectivity index (χ1) is 6.83. The van der Waals surface area contributed by atoms with E-state index in [1.54, 1.807) is 11.3 Å². The summed E-state index contributed by atoms with van der Waals surface area (Å²) in [5.41, 5.74) is 1.13. The SMILES string of the molecule is CNCCCCNCc1nc(C)cs1. The predicted molar refractivity (Wildman–Crippen MR) is 61.7 cm³/mol. The van der Waals surface area contributed by atoms with Crippen LogP contribution < -0.4 is 10.6 Å². The highest BCUT2D eigenvalue weighted by atomic mass is 32.1. The highest BCUT2D eigenvalue weighted by Gasteiger charge is 1.96. The van der Waals surface area contributed by atoms with Crippen molar-refractivity contribution in [3.05, 3.63) is 16.1 Å². The van der Waals surface area contributed by atoms with Crippen LogP contribution in [-0.4, -0.2) is 25.1 Å². The Morgan fingerprint density at radius 2 is 2.14 bits per heavy atom. The van der Waals surface area contributed by atoms with E-state index in [0.717, 1.165) is 25.3 Å². The van der Waals surface area contributed by atoms with Gasteiger partial charge in [-0.05, 0) is 39.9 Å². The summed E-state index contributed by atoms with van der Waals surface area (Å²) in [5.74, 6) is 0. The first-order valence-corrected chi connectivity index (χ1v) is 5.97. The van der Waals surface area contributed by atoms with Crippen LogP contribution in [0.3, 0.4) is 0 Å². The van der Waals surface area contributed by atoms with Crippen LogP contribution in [0.1, 0.15) is 23.5 Å². The summed E-state index contributed by atoms with van der Waals surface area (Å²) >= 11 is 1.73. The second-order valence-corrected chi connectivity index (χ2v) is 4.31. The minimum Gasteiger partial charge on any atom is -0.320 e. The second kappa shape index (κ2) is 6.92. The van der Waals surface area contributed by atoms with Gasteiger partial charge in [-0.15, -0.1) is 11.3 Å². The minimum absolute atomic E-state index is 0.915. The lowest BCUT2D eigenvalue weighted by Gasteiger charge is -2.01. The van der Waals surface area contributed by atoms with Crippen molar-refractivity contribution in [3.8, 4) is 0 Å². The van der Waals surface area contributed by atoms with E-state index in [1.807, 2.05) is 14.0 Å². The molecular weight excluding hydrogens is 194 g/mol. The fraction of sp³-hybridized carbons (Fsp3) is 0.700. The van der Waals surface area contributed by atoms with Gasteiger partial charge in [-0.25, -0.2) is 4.98 Å². The number of thiazole rings is 1. The van der Waals surface area contributed by atoms with Gasteiger partial charge in [0.1, 0.15) is 5.01 Å². The van der Waals surface area contributed by atoms with E-state index < -0.39 is 0 Å². The summed E-state index contributed by atoms with van der Waals surface area (Å²) in [6, 6.07) is 0. The van der Waals surface area contributed by atoms with Gasteiger partial charge in [-0.1, -0.05) is 0 Å². The number of nitrogens with zero attached hydrogens (tertiary/aromatic N) is 1. The molecule has 80 valence electrons. The van der Waals surface area contributed by atoms with E-state index >= 15 is 0 Å². The van der Waals surface area contributed by atoms with E-state index in [1.165, 1.54) is 17.8 Å². The molecule has 0 fully saturated rings. The number of nitrogens with one attached hydrogen (secondary N) is 2. The van der Waals surface area contributed by atoms with Crippen LogP contribution in [-0.2, 0) is 6.54 Å². The lowest BCUT2D eigenvalue weighted by atomic mass is 10.3. The largest absolute Gasteiger partial charge is 0.320 e. The molecule has 0 aliphatic carbocycles. The normalized spacial score (nSPS) is 10.7. The molecule has 0 saturated heterocycles. The monoisotopic (exact) mass is 213 g/mol. The van der Waals surface area contributed by atoms with E-state index in [9.17, 15) is 0 Å². The van der Waals surface area contributed by atoms with Gasteiger partial charge >= 0.3 is 0 Å². The molecule has 0 amide bonds. The third-order valence-corrected chi connectivity index (χ3v) is 2.94. The third-order valence-electron chi connectivity index (χ3n) is 1.97. The van der Waals surface area contributed by atoms with Crippen molar-refractivity contribution >= 4 is 11.3 Å². The standard InChI is InChI=1S/C10H19N3S/c1-9-8-14-10(13-9)7-12-6-4-3-5-11-2/h8,11-12H,3-7H2,1-2H3. The lowest BCUT2D eigenvalue weighted by molar-refractivity contribution is 0.604. The summed E-state index contributed by atoms with van der Waals surface area (Å²) < 4.78 is 0. The summed E-state index contributed by atoms with van der Waals surface area (Å²) in [5, 5.41) is 9.82. The molecule has 0 aromatic carbocycles. The lowest BCUT2D eigenvalue weighted by Crippen LogP contribution is -2.16. The molecule has 0 radical (unpaired) electrons. The second-order valence-electron chi connectivity index (χ2n) is 3.37. The Morgan fingerprint density at radius 1 is 1.36 bits per heavy atom. The van der Waals surface area contributed by atoms with Crippen molar-refractivity contribution in [2.75, 3.05) is 20.1 Å². The minimum atomic E-state index is 0.915. The van der Waals surface area contributed by atoms with Crippen molar-refractivity contribution in [1.82, 2.24) is 15.6 Å². The van der Waals surface area contributed by atoms with Crippen LogP contribution in [0.15, 0.2) is 5.38 Å². The molecule has 1 aromatic rings. The number of hydrogen-bond acceptors (Lipinski definition) is 4. The average molecular weight is 213 g/mol. The molecule has 0 aliphatic rings. The fourth-order valence-corrected chi connectivity index (χ4v) is 1.97. The van der Waals surface area contributed by atoms with Crippen LogP contribution in [0, 0.1) is 6.92 Å². The highest BCUT2D eigenvalue weighted by Crippen LogP contribution is 2.07. The van der Waals surface area contributed by atoms with Crippen molar-refractivity contribution in [1.29, 1.82) is 0 Å². The van der Waals surface area contributed by atoms with Gasteiger partial charge < -0.3 is 10.6 Å². The Hall–Kier alpha value is -0.450. The maximum atomic E-state index is 4.39. The predicted octanol–water partition coefficient (Wildman–Crippen LogP) is 1.54. The van der Waals surface area contributed by atoms with Gasteiger partial charge in [-0.2, -0.15) is 0 Å². The van der Waals surface area contributed by atoms with Gasteiger partial charge in [0.2, 0.25) is 0 Å². The zero-order valence-electron chi connectivity index (χ0n) is 8.97. The molecule has 4 heteroatoms. The van der Waals surface area contributed by atoms with Gasteiger partial charge in [0.25, 0.3) is 0 Å². The molecule has 0 bridgehead atoms. The van der Waals surface area contributed by atoms with Gasteiger partial charge in [0, 0.05) is 17.6 Å². The van der Waals surface area contributed by atoms with Crippen molar-refractivity contribution in [2.45, 2.75) is 26.3 Å². The van der Waals surface area contributed by atoms with Crippen LogP contribution in [0.25, 0.3) is 0 Å². The van der Waals surface area contributed by atoms with Crippen molar-refractivity contribution in [3.63, 3.8) is 0 Å². The topological polar surface area (TPSA) is 37.0 Å². The summed E-state index contributed by atoms with van der Waals surface area (Å²) in [6.45, 7) is 5.14. The first-order valence-electron chi connectivity index (χ1n) is 5.09. The van der Waals surface area contributed by atoms with Crippen molar-refractivity contribution in [2.24, 2.45) is 0 Å².